The average Bonchev–Trinajstić information content (AvgIpc) is 3.37. The maximum Gasteiger partial charge on any atom is 0.341 e. The van der Waals surface area contributed by atoms with Crippen molar-refractivity contribution in [3.05, 3.63) is 55.6 Å². The number of aromatic carboxylic acids is 1. The van der Waals surface area contributed by atoms with Crippen LogP contribution < -0.4 is 5.43 Å². The van der Waals surface area contributed by atoms with E-state index >= 15 is 0 Å². The van der Waals surface area contributed by atoms with Gasteiger partial charge in [-0.05, 0) is 31.2 Å². The first kappa shape index (κ1) is 18.7. The van der Waals surface area contributed by atoms with Crippen LogP contribution in [-0.2, 0) is 12.8 Å². The number of thiazole rings is 1. The molecule has 3 aromatic rings. The van der Waals surface area contributed by atoms with Gasteiger partial charge in [0.1, 0.15) is 17.0 Å². The van der Waals surface area contributed by atoms with Crippen LogP contribution in [0.15, 0.2) is 22.4 Å². The van der Waals surface area contributed by atoms with Gasteiger partial charge in [0.15, 0.2) is 0 Å². The van der Waals surface area contributed by atoms with Crippen molar-refractivity contribution < 1.29 is 14.3 Å². The molecule has 4 rings (SSSR count). The minimum atomic E-state index is -1.31. The van der Waals surface area contributed by atoms with Crippen LogP contribution in [0.25, 0.3) is 11.0 Å². The molecule has 1 saturated carbocycles. The molecule has 1 N–H and O–H groups in total. The number of fused-ring (bicyclic) bond motifs is 1. The smallest absolute Gasteiger partial charge is 0.341 e. The number of hydrogen-bond acceptors (Lipinski definition) is 5. The number of pyridine rings is 2. The number of rotatable bonds is 6. The molecule has 0 radical (unpaired) electrons. The summed E-state index contributed by atoms with van der Waals surface area (Å²) in [6, 6.07) is 1.24. The van der Waals surface area contributed by atoms with Crippen molar-refractivity contribution >= 4 is 28.3 Å². The van der Waals surface area contributed by atoms with E-state index in [1.54, 1.807) is 15.9 Å². The van der Waals surface area contributed by atoms with Gasteiger partial charge in [-0.25, -0.2) is 19.2 Å². The summed E-state index contributed by atoms with van der Waals surface area (Å²) in [6.07, 6.45) is 4.06. The van der Waals surface area contributed by atoms with Crippen LogP contribution in [0, 0.1) is 5.82 Å². The molecule has 0 saturated heterocycles. The van der Waals surface area contributed by atoms with Gasteiger partial charge in [-0.2, -0.15) is 0 Å². The maximum atomic E-state index is 14.6. The number of carbonyl (C=O) groups is 1. The van der Waals surface area contributed by atoms with Gasteiger partial charge in [-0.15, -0.1) is 11.3 Å². The van der Waals surface area contributed by atoms with Crippen LogP contribution in [0.1, 0.15) is 65.4 Å². The fourth-order valence-corrected chi connectivity index (χ4v) is 4.13. The Morgan fingerprint density at radius 3 is 2.71 bits per heavy atom. The van der Waals surface area contributed by atoms with Gasteiger partial charge < -0.3 is 9.67 Å². The Morgan fingerprint density at radius 2 is 2.11 bits per heavy atom. The Hall–Kier alpha value is -2.61. The summed E-state index contributed by atoms with van der Waals surface area (Å²) in [4.78, 5) is 32.8. The molecule has 0 atom stereocenters. The molecule has 0 bridgehead atoms. The molecule has 0 aliphatic heterocycles. The van der Waals surface area contributed by atoms with Crippen LogP contribution in [0.2, 0.25) is 0 Å². The van der Waals surface area contributed by atoms with Crippen LogP contribution >= 0.6 is 11.3 Å². The molecule has 3 heterocycles. The van der Waals surface area contributed by atoms with Crippen LogP contribution in [0.3, 0.4) is 0 Å². The summed E-state index contributed by atoms with van der Waals surface area (Å²) in [6.45, 7) is 4.15. The topological polar surface area (TPSA) is 85.1 Å². The maximum absolute atomic E-state index is 14.6. The van der Waals surface area contributed by atoms with Crippen molar-refractivity contribution in [1.29, 1.82) is 0 Å². The zero-order valence-electron chi connectivity index (χ0n) is 15.6. The van der Waals surface area contributed by atoms with Crippen molar-refractivity contribution in [2.75, 3.05) is 0 Å². The molecule has 0 spiro atoms. The van der Waals surface area contributed by atoms with Gasteiger partial charge in [0, 0.05) is 24.0 Å². The number of aryl methyl sites for hydroxylation is 2. The highest BCUT2D eigenvalue weighted by molar-refractivity contribution is 7.09. The third-order valence-electron chi connectivity index (χ3n) is 4.94. The van der Waals surface area contributed by atoms with Crippen molar-refractivity contribution in [2.45, 2.75) is 51.5 Å². The largest absolute Gasteiger partial charge is 0.477 e. The molecule has 28 heavy (non-hydrogen) atoms. The van der Waals surface area contributed by atoms with Gasteiger partial charge in [0.25, 0.3) is 0 Å². The summed E-state index contributed by atoms with van der Waals surface area (Å²) < 4.78 is 16.4. The van der Waals surface area contributed by atoms with Gasteiger partial charge >= 0.3 is 5.97 Å². The van der Waals surface area contributed by atoms with Gasteiger partial charge in [0.2, 0.25) is 5.43 Å². The van der Waals surface area contributed by atoms with Crippen molar-refractivity contribution in [3.63, 3.8) is 0 Å². The highest BCUT2D eigenvalue weighted by Gasteiger charge is 2.28. The Kier molecular flexibility index (Phi) is 4.74. The quantitative estimate of drug-likeness (QED) is 0.676. The molecular weight excluding hydrogens is 381 g/mol. The van der Waals surface area contributed by atoms with E-state index in [1.807, 2.05) is 5.38 Å². The molecule has 0 amide bonds. The number of carboxylic acid groups (broad SMARTS) is 1. The molecule has 146 valence electrons. The number of halogens is 1. The van der Waals surface area contributed by atoms with E-state index in [9.17, 15) is 19.1 Å². The lowest BCUT2D eigenvalue weighted by molar-refractivity contribution is 0.0695. The lowest BCUT2D eigenvalue weighted by atomic mass is 10.1. The molecule has 1 aliphatic carbocycles. The van der Waals surface area contributed by atoms with Crippen LogP contribution in [-0.4, -0.2) is 25.6 Å². The number of aromatic nitrogens is 3. The van der Waals surface area contributed by atoms with Crippen molar-refractivity contribution in [2.24, 2.45) is 0 Å². The Morgan fingerprint density at radius 1 is 1.36 bits per heavy atom. The summed E-state index contributed by atoms with van der Waals surface area (Å²) in [7, 11) is 0. The Balaban J connectivity index is 1.72. The number of carboxylic acids is 1. The predicted molar refractivity (Wildman–Crippen MR) is 105 cm³/mol. The second-order valence-electron chi connectivity index (χ2n) is 7.42. The lowest BCUT2D eigenvalue weighted by Crippen LogP contribution is -2.20. The normalized spacial score (nSPS) is 14.1. The number of hydrogen-bond donors (Lipinski definition) is 1. The summed E-state index contributed by atoms with van der Waals surface area (Å²) >= 11 is 1.55. The highest BCUT2D eigenvalue weighted by Crippen LogP contribution is 2.36. The first-order chi connectivity index (χ1) is 13.3. The third kappa shape index (κ3) is 3.44. The van der Waals surface area contributed by atoms with Crippen molar-refractivity contribution in [3.8, 4) is 0 Å². The molecule has 1 fully saturated rings. The summed E-state index contributed by atoms with van der Waals surface area (Å²) in [5.41, 5.74) is 0.605. The summed E-state index contributed by atoms with van der Waals surface area (Å²) in [5.74, 6) is -1.55. The monoisotopic (exact) mass is 401 g/mol. The minimum Gasteiger partial charge on any atom is -0.477 e. The summed E-state index contributed by atoms with van der Waals surface area (Å²) in [5, 5.41) is 12.2. The molecule has 8 heteroatoms. The third-order valence-corrected chi connectivity index (χ3v) is 5.86. The first-order valence-electron chi connectivity index (χ1n) is 9.27. The first-order valence-corrected chi connectivity index (χ1v) is 10.1. The predicted octanol–water partition coefficient (Wildman–Crippen LogP) is 3.93. The van der Waals surface area contributed by atoms with Gasteiger partial charge in [-0.3, -0.25) is 4.79 Å². The molecule has 3 aromatic heterocycles. The zero-order chi connectivity index (χ0) is 20.0. The lowest BCUT2D eigenvalue weighted by Gasteiger charge is -2.12. The molecular formula is C20H20FN3O3S. The van der Waals surface area contributed by atoms with Crippen LogP contribution in [0.4, 0.5) is 4.39 Å². The van der Waals surface area contributed by atoms with E-state index < -0.39 is 17.2 Å². The van der Waals surface area contributed by atoms with E-state index in [0.717, 1.165) is 29.6 Å². The van der Waals surface area contributed by atoms with Gasteiger partial charge in [-0.1, -0.05) is 13.8 Å². The molecule has 0 unspecified atom stereocenters. The van der Waals surface area contributed by atoms with E-state index in [0.29, 0.717) is 24.4 Å². The second-order valence-corrected chi connectivity index (χ2v) is 8.37. The van der Waals surface area contributed by atoms with E-state index in [-0.39, 0.29) is 22.7 Å². The highest BCUT2D eigenvalue weighted by atomic mass is 32.1. The van der Waals surface area contributed by atoms with Crippen LogP contribution in [0.5, 0.6) is 0 Å². The van der Waals surface area contributed by atoms with E-state index in [1.165, 1.54) is 6.20 Å². The molecule has 6 nitrogen and oxygen atoms in total. The standard InChI is InChI=1S/C20H20FN3O3S/c1-10(2)16-9-28-17(22-16)6-5-15-14(21)7-12-18(25)13(20(26)27)8-24(11-3-4-11)19(12)23-15/h7-11H,3-6H2,1-2H3,(H,26,27). The van der Waals surface area contributed by atoms with Crippen molar-refractivity contribution in [1.82, 2.24) is 14.5 Å². The Labute approximate surface area is 164 Å². The van der Waals surface area contributed by atoms with Gasteiger partial charge in [0.05, 0.1) is 21.8 Å². The second kappa shape index (κ2) is 7.09. The van der Waals surface area contributed by atoms with E-state index in [4.69, 9.17) is 0 Å². The Bertz CT molecular complexity index is 1130. The minimum absolute atomic E-state index is 0.0180. The zero-order valence-corrected chi connectivity index (χ0v) is 16.4. The SMILES string of the molecule is CC(C)c1csc(CCc2nc3c(cc2F)c(=O)c(C(=O)O)cn3C2CC2)n1. The average molecular weight is 401 g/mol. The molecule has 0 aromatic carbocycles. The molecule has 1 aliphatic rings. The fraction of sp³-hybridized carbons (Fsp3) is 0.400. The fourth-order valence-electron chi connectivity index (χ4n) is 3.17. The van der Waals surface area contributed by atoms with E-state index in [2.05, 4.69) is 23.8 Å². The number of nitrogens with zero attached hydrogens (tertiary/aromatic N) is 3.